The van der Waals surface area contributed by atoms with E-state index < -0.39 is 0 Å². The summed E-state index contributed by atoms with van der Waals surface area (Å²) in [5.41, 5.74) is 2.59. The van der Waals surface area contributed by atoms with Gasteiger partial charge in [-0.05, 0) is 38.6 Å². The quantitative estimate of drug-likeness (QED) is 0.795. The lowest BCUT2D eigenvalue weighted by molar-refractivity contribution is 0.0917. The van der Waals surface area contributed by atoms with Crippen LogP contribution >= 0.6 is 0 Å². The van der Waals surface area contributed by atoms with Crippen LogP contribution in [-0.2, 0) is 0 Å². The Hall–Kier alpha value is -1.68. The summed E-state index contributed by atoms with van der Waals surface area (Å²) in [6.07, 6.45) is 0.847. The summed E-state index contributed by atoms with van der Waals surface area (Å²) in [7, 11) is 1.87. The molecule has 0 spiro atoms. The topological polar surface area (TPSA) is 57.8 Å². The molecule has 0 amide bonds. The lowest BCUT2D eigenvalue weighted by Crippen LogP contribution is -2.25. The number of nitrogens with one attached hydrogen (secondary N) is 2. The van der Waals surface area contributed by atoms with Crippen LogP contribution in [0.15, 0.2) is 18.2 Å². The van der Waals surface area contributed by atoms with Crippen molar-refractivity contribution in [1.82, 2.24) is 15.3 Å². The van der Waals surface area contributed by atoms with Crippen LogP contribution in [0.2, 0.25) is 0 Å². The minimum atomic E-state index is 0.0384. The van der Waals surface area contributed by atoms with Crippen molar-refractivity contribution in [2.45, 2.75) is 20.3 Å². The van der Waals surface area contributed by atoms with Crippen LogP contribution in [0.4, 0.5) is 0 Å². The second-order valence-electron chi connectivity index (χ2n) is 4.58. The highest BCUT2D eigenvalue weighted by molar-refractivity contribution is 6.00. The van der Waals surface area contributed by atoms with E-state index in [4.69, 9.17) is 0 Å². The first-order chi connectivity index (χ1) is 8.65. The second kappa shape index (κ2) is 5.31. The Bertz CT molecular complexity index is 559. The molecule has 0 aliphatic rings. The minimum Gasteiger partial charge on any atom is -0.342 e. The van der Waals surface area contributed by atoms with Gasteiger partial charge in [-0.3, -0.25) is 4.79 Å². The number of carbonyl (C=O) groups is 1. The molecule has 1 aromatic heterocycles. The normalized spacial score (nSPS) is 12.8. The van der Waals surface area contributed by atoms with E-state index >= 15 is 0 Å². The maximum atomic E-state index is 12.3. The number of aryl methyl sites for hydroxylation is 1. The number of carbonyl (C=O) groups excluding carboxylic acids is 1. The number of aromatic amines is 1. The van der Waals surface area contributed by atoms with Gasteiger partial charge in [0.1, 0.15) is 5.82 Å². The Balaban J connectivity index is 2.32. The Morgan fingerprint density at radius 3 is 2.94 bits per heavy atom. The highest BCUT2D eigenvalue weighted by atomic mass is 16.1. The molecule has 2 aromatic rings. The van der Waals surface area contributed by atoms with Crippen LogP contribution in [0.3, 0.4) is 0 Å². The molecule has 18 heavy (non-hydrogen) atoms. The molecule has 96 valence electrons. The van der Waals surface area contributed by atoms with E-state index in [1.807, 2.05) is 39.1 Å². The van der Waals surface area contributed by atoms with Crippen LogP contribution in [0.5, 0.6) is 0 Å². The highest BCUT2D eigenvalue weighted by Gasteiger charge is 2.18. The molecule has 0 saturated heterocycles. The number of nitrogens with zero attached hydrogens (tertiary/aromatic N) is 1. The molecule has 4 nitrogen and oxygen atoms in total. The molecule has 0 fully saturated rings. The van der Waals surface area contributed by atoms with Gasteiger partial charge in [-0.15, -0.1) is 0 Å². The van der Waals surface area contributed by atoms with Gasteiger partial charge in [0, 0.05) is 18.0 Å². The van der Waals surface area contributed by atoms with Crippen molar-refractivity contribution in [3.8, 4) is 0 Å². The molecule has 2 N–H and O–H groups in total. The Morgan fingerprint density at radius 1 is 1.50 bits per heavy atom. The summed E-state index contributed by atoms with van der Waals surface area (Å²) in [6.45, 7) is 4.67. The smallest absolute Gasteiger partial charge is 0.167 e. The fraction of sp³-hybridized carbons (Fsp3) is 0.429. The van der Waals surface area contributed by atoms with E-state index in [1.165, 1.54) is 0 Å². The lowest BCUT2D eigenvalue weighted by atomic mass is 9.95. The predicted octanol–water partition coefficient (Wildman–Crippen LogP) is 2.30. The third kappa shape index (κ3) is 2.43. The number of benzene rings is 1. The molecule has 1 unspecified atom stereocenters. The first-order valence-electron chi connectivity index (χ1n) is 6.31. The van der Waals surface area contributed by atoms with E-state index in [1.54, 1.807) is 0 Å². The van der Waals surface area contributed by atoms with Gasteiger partial charge in [0.05, 0.1) is 11.0 Å². The van der Waals surface area contributed by atoms with E-state index in [0.717, 1.165) is 35.4 Å². The second-order valence-corrected chi connectivity index (χ2v) is 4.58. The first kappa shape index (κ1) is 12.8. The van der Waals surface area contributed by atoms with Crippen molar-refractivity contribution in [3.63, 3.8) is 0 Å². The molecular formula is C14H19N3O. The molecule has 1 aromatic carbocycles. The maximum absolute atomic E-state index is 12.3. The zero-order chi connectivity index (χ0) is 13.1. The first-order valence-corrected chi connectivity index (χ1v) is 6.31. The largest absolute Gasteiger partial charge is 0.342 e. The fourth-order valence-corrected chi connectivity index (χ4v) is 2.19. The third-order valence-corrected chi connectivity index (χ3v) is 3.20. The summed E-state index contributed by atoms with van der Waals surface area (Å²) in [6, 6.07) is 5.66. The number of imidazole rings is 1. The number of hydrogen-bond donors (Lipinski definition) is 2. The number of aromatic nitrogens is 2. The summed E-state index contributed by atoms with van der Waals surface area (Å²) >= 11 is 0. The van der Waals surface area contributed by atoms with Gasteiger partial charge in [0.2, 0.25) is 0 Å². The monoisotopic (exact) mass is 245 g/mol. The van der Waals surface area contributed by atoms with Crippen molar-refractivity contribution in [2.24, 2.45) is 5.92 Å². The molecular weight excluding hydrogens is 226 g/mol. The van der Waals surface area contributed by atoms with E-state index in [9.17, 15) is 4.79 Å². The zero-order valence-electron chi connectivity index (χ0n) is 11.1. The SMILES string of the molecule is CCC(CNC)C(=O)c1ccc2nc(C)[nH]c2c1. The lowest BCUT2D eigenvalue weighted by Gasteiger charge is -2.12. The summed E-state index contributed by atoms with van der Waals surface area (Å²) in [5, 5.41) is 3.07. The van der Waals surface area contributed by atoms with Crippen molar-refractivity contribution in [2.75, 3.05) is 13.6 Å². The molecule has 1 heterocycles. The standard InChI is InChI=1S/C14H19N3O/c1-4-10(8-15-3)14(18)11-5-6-12-13(7-11)17-9(2)16-12/h5-7,10,15H,4,8H2,1-3H3,(H,16,17). The number of Topliss-reactive ketones (excluding diaryl/α,β-unsaturated/α-hetero) is 1. The van der Waals surface area contributed by atoms with Crippen LogP contribution in [-0.4, -0.2) is 29.3 Å². The van der Waals surface area contributed by atoms with Gasteiger partial charge < -0.3 is 10.3 Å². The summed E-state index contributed by atoms with van der Waals surface area (Å²) in [4.78, 5) is 19.8. The average molecular weight is 245 g/mol. The number of ketones is 1. The van der Waals surface area contributed by atoms with Gasteiger partial charge >= 0.3 is 0 Å². The Morgan fingerprint density at radius 2 is 2.28 bits per heavy atom. The highest BCUT2D eigenvalue weighted by Crippen LogP contribution is 2.17. The molecule has 2 rings (SSSR count). The minimum absolute atomic E-state index is 0.0384. The van der Waals surface area contributed by atoms with Gasteiger partial charge in [0.25, 0.3) is 0 Å². The maximum Gasteiger partial charge on any atom is 0.167 e. The zero-order valence-corrected chi connectivity index (χ0v) is 11.1. The van der Waals surface area contributed by atoms with Crippen molar-refractivity contribution >= 4 is 16.8 Å². The van der Waals surface area contributed by atoms with Crippen LogP contribution in [0, 0.1) is 12.8 Å². The van der Waals surface area contributed by atoms with Gasteiger partial charge in [-0.2, -0.15) is 0 Å². The number of H-pyrrole nitrogens is 1. The van der Waals surface area contributed by atoms with Crippen LogP contribution < -0.4 is 5.32 Å². The van der Waals surface area contributed by atoms with E-state index in [0.29, 0.717) is 0 Å². The average Bonchev–Trinajstić information content (AvgIpc) is 2.74. The van der Waals surface area contributed by atoms with Crippen LogP contribution in [0.1, 0.15) is 29.5 Å². The van der Waals surface area contributed by atoms with E-state index in [2.05, 4.69) is 15.3 Å². The number of hydrogen-bond acceptors (Lipinski definition) is 3. The predicted molar refractivity (Wildman–Crippen MR) is 72.9 cm³/mol. The van der Waals surface area contributed by atoms with Gasteiger partial charge in [-0.25, -0.2) is 4.98 Å². The fourth-order valence-electron chi connectivity index (χ4n) is 2.19. The van der Waals surface area contributed by atoms with Crippen molar-refractivity contribution in [3.05, 3.63) is 29.6 Å². The third-order valence-electron chi connectivity index (χ3n) is 3.20. The van der Waals surface area contributed by atoms with Gasteiger partial charge in [-0.1, -0.05) is 6.92 Å². The molecule has 4 heteroatoms. The molecule has 0 aliphatic carbocycles. The van der Waals surface area contributed by atoms with Gasteiger partial charge in [0.15, 0.2) is 5.78 Å². The van der Waals surface area contributed by atoms with Crippen LogP contribution in [0.25, 0.3) is 11.0 Å². The Kier molecular flexibility index (Phi) is 3.77. The Labute approximate surface area is 107 Å². The van der Waals surface area contributed by atoms with Crippen molar-refractivity contribution in [1.29, 1.82) is 0 Å². The van der Waals surface area contributed by atoms with Crippen molar-refractivity contribution < 1.29 is 4.79 Å². The molecule has 0 bridgehead atoms. The molecule has 0 saturated carbocycles. The molecule has 1 atom stereocenters. The number of fused-ring (bicyclic) bond motifs is 1. The molecule has 0 radical (unpaired) electrons. The number of rotatable bonds is 5. The molecule has 0 aliphatic heterocycles. The summed E-state index contributed by atoms with van der Waals surface area (Å²) in [5.74, 6) is 1.11. The summed E-state index contributed by atoms with van der Waals surface area (Å²) < 4.78 is 0. The van der Waals surface area contributed by atoms with E-state index in [-0.39, 0.29) is 11.7 Å².